The van der Waals surface area contributed by atoms with Crippen LogP contribution in [0.1, 0.15) is 5.76 Å². The number of sulfonamides is 1. The molecule has 1 aromatic heterocycles. The molecule has 1 aromatic carbocycles. The smallest absolute Gasteiger partial charge is 0.331 e. The van der Waals surface area contributed by atoms with Gasteiger partial charge in [0, 0.05) is 24.9 Å². The molecular weight excluding hydrogens is 400 g/mol. The van der Waals surface area contributed by atoms with Crippen LogP contribution in [0.4, 0.5) is 5.69 Å². The molecule has 0 unspecified atom stereocenters. The van der Waals surface area contributed by atoms with E-state index in [1.165, 1.54) is 40.9 Å². The fourth-order valence-electron chi connectivity index (χ4n) is 2.56. The molecule has 2 aromatic rings. The van der Waals surface area contributed by atoms with E-state index in [2.05, 4.69) is 5.32 Å². The minimum absolute atomic E-state index is 0.131. The summed E-state index contributed by atoms with van der Waals surface area (Å²) in [6, 6.07) is 9.13. The van der Waals surface area contributed by atoms with Crippen LogP contribution in [0.15, 0.2) is 58.1 Å². The molecule has 0 atom stereocenters. The second-order valence-corrected chi connectivity index (χ2v) is 7.98. The monoisotopic (exact) mass is 420 g/mol. The van der Waals surface area contributed by atoms with Crippen molar-refractivity contribution in [3.63, 3.8) is 0 Å². The van der Waals surface area contributed by atoms with Crippen molar-refractivity contribution in [2.24, 2.45) is 0 Å². The number of rotatable bonds is 7. The fourth-order valence-corrected chi connectivity index (χ4v) is 3.97. The van der Waals surface area contributed by atoms with E-state index in [4.69, 9.17) is 13.9 Å². The van der Waals surface area contributed by atoms with Crippen molar-refractivity contribution < 1.29 is 31.9 Å². The minimum atomic E-state index is -3.60. The Hall–Kier alpha value is -2.95. The normalized spacial score (nSPS) is 15.3. The maximum absolute atomic E-state index is 12.6. The lowest BCUT2D eigenvalue weighted by Crippen LogP contribution is -2.40. The number of hydrogen-bond donors (Lipinski definition) is 1. The first kappa shape index (κ1) is 20.8. The van der Waals surface area contributed by atoms with Crippen LogP contribution in [-0.4, -0.2) is 57.5 Å². The van der Waals surface area contributed by atoms with Crippen molar-refractivity contribution in [3.8, 4) is 0 Å². The molecule has 1 aliphatic heterocycles. The van der Waals surface area contributed by atoms with Crippen LogP contribution >= 0.6 is 0 Å². The van der Waals surface area contributed by atoms with Crippen molar-refractivity contribution in [2.45, 2.75) is 4.90 Å². The van der Waals surface area contributed by atoms with Gasteiger partial charge in [0.15, 0.2) is 6.61 Å². The highest BCUT2D eigenvalue weighted by atomic mass is 32.2. The fraction of sp³-hybridized carbons (Fsp3) is 0.263. The number of morpholine rings is 1. The molecule has 1 N–H and O–H groups in total. The number of ether oxygens (including phenoxy) is 2. The molecule has 10 heteroatoms. The third kappa shape index (κ3) is 5.76. The molecule has 1 amide bonds. The van der Waals surface area contributed by atoms with Gasteiger partial charge in [-0.05, 0) is 42.5 Å². The molecule has 9 nitrogen and oxygen atoms in total. The van der Waals surface area contributed by atoms with Crippen LogP contribution in [0.2, 0.25) is 0 Å². The van der Waals surface area contributed by atoms with Crippen molar-refractivity contribution >= 4 is 33.7 Å². The Kier molecular flexibility index (Phi) is 6.81. The largest absolute Gasteiger partial charge is 0.465 e. The molecule has 29 heavy (non-hydrogen) atoms. The number of amides is 1. The summed E-state index contributed by atoms with van der Waals surface area (Å²) in [6.07, 6.45) is 4.04. The van der Waals surface area contributed by atoms with Crippen molar-refractivity contribution in [2.75, 3.05) is 38.2 Å². The Bertz CT molecular complexity index is 960. The Balaban J connectivity index is 1.50. The van der Waals surface area contributed by atoms with Gasteiger partial charge in [-0.15, -0.1) is 0 Å². The topological polar surface area (TPSA) is 115 Å². The number of nitrogens with one attached hydrogen (secondary N) is 1. The summed E-state index contributed by atoms with van der Waals surface area (Å²) in [6.45, 7) is 0.863. The summed E-state index contributed by atoms with van der Waals surface area (Å²) < 4.78 is 41.5. The first-order chi connectivity index (χ1) is 13.9. The van der Waals surface area contributed by atoms with Gasteiger partial charge in [0.05, 0.1) is 24.4 Å². The zero-order valence-corrected chi connectivity index (χ0v) is 16.3. The van der Waals surface area contributed by atoms with Gasteiger partial charge in [0.25, 0.3) is 5.91 Å². The van der Waals surface area contributed by atoms with Gasteiger partial charge in [-0.2, -0.15) is 4.31 Å². The average Bonchev–Trinajstić information content (AvgIpc) is 3.25. The van der Waals surface area contributed by atoms with E-state index in [1.807, 2.05) is 0 Å². The zero-order chi connectivity index (χ0) is 20.7. The number of anilines is 1. The Morgan fingerprint density at radius 1 is 1.14 bits per heavy atom. The number of esters is 1. The van der Waals surface area contributed by atoms with Crippen LogP contribution in [-0.2, 0) is 29.1 Å². The molecular formula is C19H20N2O7S. The molecule has 0 spiro atoms. The van der Waals surface area contributed by atoms with Crippen molar-refractivity contribution in [3.05, 3.63) is 54.5 Å². The lowest BCUT2D eigenvalue weighted by Gasteiger charge is -2.26. The second-order valence-electron chi connectivity index (χ2n) is 6.05. The molecule has 0 bridgehead atoms. The molecule has 1 fully saturated rings. The summed E-state index contributed by atoms with van der Waals surface area (Å²) >= 11 is 0. The quantitative estimate of drug-likeness (QED) is 0.533. The Labute approximate surface area is 167 Å². The van der Waals surface area contributed by atoms with Crippen LogP contribution in [0.5, 0.6) is 0 Å². The van der Waals surface area contributed by atoms with E-state index in [0.29, 0.717) is 37.8 Å². The summed E-state index contributed by atoms with van der Waals surface area (Å²) in [4.78, 5) is 23.6. The number of nitrogens with zero attached hydrogens (tertiary/aromatic N) is 1. The highest BCUT2D eigenvalue weighted by molar-refractivity contribution is 7.89. The van der Waals surface area contributed by atoms with E-state index in [9.17, 15) is 18.0 Å². The SMILES string of the molecule is O=C(COC(=O)/C=C/c1ccco1)Nc1ccc(S(=O)(=O)N2CCOCC2)cc1. The number of furan rings is 1. The van der Waals surface area contributed by atoms with E-state index >= 15 is 0 Å². The molecule has 2 heterocycles. The molecule has 1 saturated heterocycles. The predicted molar refractivity (Wildman–Crippen MR) is 103 cm³/mol. The third-order valence-corrected chi connectivity index (χ3v) is 5.93. The van der Waals surface area contributed by atoms with E-state index in [-0.39, 0.29) is 4.90 Å². The summed E-state index contributed by atoms with van der Waals surface area (Å²) in [5.41, 5.74) is 0.387. The number of hydrogen-bond acceptors (Lipinski definition) is 7. The summed E-state index contributed by atoms with van der Waals surface area (Å²) in [5, 5.41) is 2.54. The minimum Gasteiger partial charge on any atom is -0.465 e. The molecule has 0 aliphatic carbocycles. The number of carbonyl (C=O) groups is 2. The van der Waals surface area contributed by atoms with Gasteiger partial charge in [-0.3, -0.25) is 4.79 Å². The van der Waals surface area contributed by atoms with Gasteiger partial charge < -0.3 is 19.2 Å². The predicted octanol–water partition coefficient (Wildman–Crippen LogP) is 1.50. The maximum Gasteiger partial charge on any atom is 0.331 e. The van der Waals surface area contributed by atoms with E-state index in [0.717, 1.165) is 6.08 Å². The first-order valence-corrected chi connectivity index (χ1v) is 10.3. The molecule has 3 rings (SSSR count). The van der Waals surface area contributed by atoms with Crippen molar-refractivity contribution in [1.29, 1.82) is 0 Å². The van der Waals surface area contributed by atoms with Crippen LogP contribution < -0.4 is 5.32 Å². The number of benzene rings is 1. The summed E-state index contributed by atoms with van der Waals surface area (Å²) in [5.74, 6) is -0.754. The third-order valence-electron chi connectivity index (χ3n) is 4.02. The molecule has 154 valence electrons. The van der Waals surface area contributed by atoms with E-state index < -0.39 is 28.5 Å². The Morgan fingerprint density at radius 2 is 1.86 bits per heavy atom. The van der Waals surface area contributed by atoms with Gasteiger partial charge in [0.1, 0.15) is 5.76 Å². The van der Waals surface area contributed by atoms with Gasteiger partial charge in [-0.25, -0.2) is 13.2 Å². The lowest BCUT2D eigenvalue weighted by molar-refractivity contribution is -0.142. The Morgan fingerprint density at radius 3 is 2.52 bits per heavy atom. The van der Waals surface area contributed by atoms with Crippen LogP contribution in [0.3, 0.4) is 0 Å². The van der Waals surface area contributed by atoms with Crippen LogP contribution in [0.25, 0.3) is 6.08 Å². The van der Waals surface area contributed by atoms with Crippen LogP contribution in [0, 0.1) is 0 Å². The maximum atomic E-state index is 12.6. The van der Waals surface area contributed by atoms with Gasteiger partial charge in [-0.1, -0.05) is 0 Å². The highest BCUT2D eigenvalue weighted by Crippen LogP contribution is 2.19. The zero-order valence-electron chi connectivity index (χ0n) is 15.4. The standard InChI is InChI=1S/C19H20N2O7S/c22-18(14-28-19(23)8-5-16-2-1-11-27-16)20-15-3-6-17(7-4-15)29(24,25)21-9-12-26-13-10-21/h1-8,11H,9-10,12-14H2,(H,20,22)/b8-5+. The average molecular weight is 420 g/mol. The highest BCUT2D eigenvalue weighted by Gasteiger charge is 2.26. The summed E-state index contributed by atoms with van der Waals surface area (Å²) in [7, 11) is -3.60. The lowest BCUT2D eigenvalue weighted by atomic mass is 10.3. The van der Waals surface area contributed by atoms with E-state index in [1.54, 1.807) is 12.1 Å². The first-order valence-electron chi connectivity index (χ1n) is 8.81. The van der Waals surface area contributed by atoms with Gasteiger partial charge in [0.2, 0.25) is 10.0 Å². The van der Waals surface area contributed by atoms with Gasteiger partial charge >= 0.3 is 5.97 Å². The second kappa shape index (κ2) is 9.50. The molecule has 0 radical (unpaired) electrons. The molecule has 0 saturated carbocycles. The van der Waals surface area contributed by atoms with Crippen molar-refractivity contribution in [1.82, 2.24) is 4.31 Å². The molecule has 1 aliphatic rings. The number of carbonyl (C=O) groups excluding carboxylic acids is 2.